The van der Waals surface area contributed by atoms with Gasteiger partial charge < -0.3 is 5.32 Å². The number of carbonyl (C=O) groups excluding carboxylic acids is 1. The highest BCUT2D eigenvalue weighted by molar-refractivity contribution is 9.10. The maximum Gasteiger partial charge on any atom is 0.252 e. The molecule has 1 N–H and O–H groups in total. The van der Waals surface area contributed by atoms with Crippen LogP contribution in [0.5, 0.6) is 0 Å². The molecule has 0 aliphatic rings. The molecule has 0 atom stereocenters. The molecule has 0 aromatic heterocycles. The van der Waals surface area contributed by atoms with Crippen LogP contribution in [0.25, 0.3) is 0 Å². The van der Waals surface area contributed by atoms with Crippen molar-refractivity contribution in [3.63, 3.8) is 0 Å². The van der Waals surface area contributed by atoms with Crippen molar-refractivity contribution in [1.29, 1.82) is 0 Å². The molecule has 0 bridgehead atoms. The third-order valence-corrected chi connectivity index (χ3v) is 4.98. The van der Waals surface area contributed by atoms with Gasteiger partial charge in [0.1, 0.15) is 5.82 Å². The maximum atomic E-state index is 13.4. The molecule has 1 aromatic rings. The number of nitrogens with one attached hydrogen (secondary N) is 1. The maximum absolute atomic E-state index is 13.4. The summed E-state index contributed by atoms with van der Waals surface area (Å²) < 4.78 is 13.6. The number of hydrogen-bond donors (Lipinski definition) is 1. The molecule has 0 heterocycles. The van der Waals surface area contributed by atoms with E-state index in [0.717, 1.165) is 12.8 Å². The lowest BCUT2D eigenvalue weighted by atomic mass is 9.84. The Morgan fingerprint density at radius 3 is 2.58 bits per heavy atom. The zero-order valence-corrected chi connectivity index (χ0v) is 13.4. The van der Waals surface area contributed by atoms with E-state index in [1.807, 2.05) is 0 Å². The Kier molecular flexibility index (Phi) is 6.27. The first-order valence-corrected chi connectivity index (χ1v) is 7.60. The van der Waals surface area contributed by atoms with E-state index in [4.69, 9.17) is 11.6 Å². The second-order valence-corrected chi connectivity index (χ2v) is 5.69. The summed E-state index contributed by atoms with van der Waals surface area (Å²) in [6.07, 6.45) is 1.77. The average Bonchev–Trinajstić information content (AvgIpc) is 2.44. The lowest BCUT2D eigenvalue weighted by Gasteiger charge is -2.29. The molecule has 5 heteroatoms. The number of hydrogen-bond acceptors (Lipinski definition) is 1. The Hall–Kier alpha value is -0.610. The minimum Gasteiger partial charge on any atom is -0.351 e. The molecule has 0 saturated carbocycles. The molecule has 0 spiro atoms. The lowest BCUT2D eigenvalue weighted by Crippen LogP contribution is -2.38. The van der Waals surface area contributed by atoms with Crippen LogP contribution in [0.4, 0.5) is 4.39 Å². The molecule has 0 fully saturated rings. The van der Waals surface area contributed by atoms with Crippen LogP contribution in [0.1, 0.15) is 37.0 Å². The highest BCUT2D eigenvalue weighted by Crippen LogP contribution is 2.27. The van der Waals surface area contributed by atoms with E-state index in [0.29, 0.717) is 18.0 Å². The molecule has 19 heavy (non-hydrogen) atoms. The van der Waals surface area contributed by atoms with E-state index >= 15 is 0 Å². The summed E-state index contributed by atoms with van der Waals surface area (Å²) in [5.74, 6) is -0.241. The minimum atomic E-state index is -0.442. The fourth-order valence-corrected chi connectivity index (χ4v) is 2.70. The monoisotopic (exact) mass is 349 g/mol. The lowest BCUT2D eigenvalue weighted by molar-refractivity contribution is 0.0930. The third kappa shape index (κ3) is 3.93. The minimum absolute atomic E-state index is 0.100. The van der Waals surface area contributed by atoms with E-state index in [2.05, 4.69) is 35.1 Å². The van der Waals surface area contributed by atoms with Crippen LogP contribution in [-0.4, -0.2) is 18.3 Å². The van der Waals surface area contributed by atoms with E-state index in [1.165, 1.54) is 12.1 Å². The van der Waals surface area contributed by atoms with Crippen LogP contribution in [0.2, 0.25) is 0 Å². The first kappa shape index (κ1) is 16.4. The van der Waals surface area contributed by atoms with Crippen LogP contribution in [-0.2, 0) is 0 Å². The fraction of sp³-hybridized carbons (Fsp3) is 0.500. The van der Waals surface area contributed by atoms with E-state index in [9.17, 15) is 9.18 Å². The topological polar surface area (TPSA) is 29.1 Å². The van der Waals surface area contributed by atoms with Crippen molar-refractivity contribution in [2.45, 2.75) is 26.7 Å². The number of amides is 1. The first-order chi connectivity index (χ1) is 8.99. The highest BCUT2D eigenvalue weighted by Gasteiger charge is 2.26. The van der Waals surface area contributed by atoms with Gasteiger partial charge in [-0.2, -0.15) is 0 Å². The summed E-state index contributed by atoms with van der Waals surface area (Å²) in [4.78, 5) is 12.1. The third-order valence-electron chi connectivity index (χ3n) is 3.60. The molecule has 0 aliphatic carbocycles. The van der Waals surface area contributed by atoms with Crippen LogP contribution in [0.15, 0.2) is 22.7 Å². The molecule has 1 rings (SSSR count). The van der Waals surface area contributed by atoms with Gasteiger partial charge in [0.2, 0.25) is 0 Å². The van der Waals surface area contributed by atoms with Gasteiger partial charge in [-0.25, -0.2) is 4.39 Å². The van der Waals surface area contributed by atoms with Gasteiger partial charge in [-0.3, -0.25) is 4.79 Å². The largest absolute Gasteiger partial charge is 0.351 e. The molecule has 0 radical (unpaired) electrons. The molecule has 2 nitrogen and oxygen atoms in total. The molecule has 1 amide bonds. The van der Waals surface area contributed by atoms with Gasteiger partial charge in [-0.1, -0.05) is 19.9 Å². The number of alkyl halides is 1. The van der Waals surface area contributed by atoms with Crippen molar-refractivity contribution in [3.8, 4) is 0 Å². The van der Waals surface area contributed by atoms with E-state index in [-0.39, 0.29) is 15.8 Å². The van der Waals surface area contributed by atoms with Gasteiger partial charge in [0, 0.05) is 17.8 Å². The molecule has 0 saturated heterocycles. The number of carbonyl (C=O) groups is 1. The normalized spacial score (nSPS) is 11.4. The molecule has 106 valence electrons. The first-order valence-electron chi connectivity index (χ1n) is 6.28. The van der Waals surface area contributed by atoms with Crippen molar-refractivity contribution in [2.24, 2.45) is 5.41 Å². The molecular weight excluding hydrogens is 333 g/mol. The summed E-state index contributed by atoms with van der Waals surface area (Å²) >= 11 is 9.08. The summed E-state index contributed by atoms with van der Waals surface area (Å²) in [5, 5.41) is 2.84. The smallest absolute Gasteiger partial charge is 0.252 e. The number of rotatable bonds is 6. The standard InChI is InChI=1S/C14H18BrClFNO/c1-3-14(4-2,8-16)9-18-13(19)10-6-5-7-11(17)12(10)15/h5-7H,3-4,8-9H2,1-2H3,(H,18,19). The molecule has 0 unspecified atom stereocenters. The Morgan fingerprint density at radius 2 is 2.05 bits per heavy atom. The Morgan fingerprint density at radius 1 is 1.42 bits per heavy atom. The second kappa shape index (κ2) is 7.25. The van der Waals surface area contributed by atoms with Crippen molar-refractivity contribution in [1.82, 2.24) is 5.32 Å². The second-order valence-electron chi connectivity index (χ2n) is 4.62. The number of halogens is 3. The van der Waals surface area contributed by atoms with Crippen molar-refractivity contribution < 1.29 is 9.18 Å². The zero-order valence-electron chi connectivity index (χ0n) is 11.1. The molecule has 0 aliphatic heterocycles. The van der Waals surface area contributed by atoms with Gasteiger partial charge in [0.15, 0.2) is 0 Å². The Balaban J connectivity index is 2.78. The van der Waals surface area contributed by atoms with Crippen molar-refractivity contribution >= 4 is 33.4 Å². The van der Waals surface area contributed by atoms with Crippen LogP contribution in [0, 0.1) is 11.2 Å². The van der Waals surface area contributed by atoms with Gasteiger partial charge in [0.05, 0.1) is 10.0 Å². The summed E-state index contributed by atoms with van der Waals surface area (Å²) in [6.45, 7) is 4.59. The molecular formula is C14H18BrClFNO. The Labute approximate surface area is 126 Å². The van der Waals surface area contributed by atoms with Crippen LogP contribution in [0.3, 0.4) is 0 Å². The van der Waals surface area contributed by atoms with Gasteiger partial charge in [-0.15, -0.1) is 11.6 Å². The predicted octanol–water partition coefficient (Wildman–Crippen LogP) is 4.36. The Bertz CT molecular complexity index is 441. The average molecular weight is 351 g/mol. The summed E-state index contributed by atoms with van der Waals surface area (Å²) in [5.41, 5.74) is 0.201. The van der Waals surface area contributed by atoms with E-state index in [1.54, 1.807) is 6.07 Å². The SMILES string of the molecule is CCC(CC)(CCl)CNC(=O)c1cccc(F)c1Br. The van der Waals surface area contributed by atoms with Crippen molar-refractivity contribution in [2.75, 3.05) is 12.4 Å². The van der Waals surface area contributed by atoms with Crippen molar-refractivity contribution in [3.05, 3.63) is 34.1 Å². The van der Waals surface area contributed by atoms with Crippen LogP contribution >= 0.6 is 27.5 Å². The number of benzene rings is 1. The fourth-order valence-electron chi connectivity index (χ4n) is 1.78. The molecule has 1 aromatic carbocycles. The van der Waals surface area contributed by atoms with Gasteiger partial charge in [-0.05, 0) is 40.9 Å². The van der Waals surface area contributed by atoms with Gasteiger partial charge in [0.25, 0.3) is 5.91 Å². The quantitative estimate of drug-likeness (QED) is 0.759. The van der Waals surface area contributed by atoms with Gasteiger partial charge >= 0.3 is 0 Å². The summed E-state index contributed by atoms with van der Waals surface area (Å²) in [7, 11) is 0. The predicted molar refractivity (Wildman–Crippen MR) is 80.2 cm³/mol. The highest BCUT2D eigenvalue weighted by atomic mass is 79.9. The van der Waals surface area contributed by atoms with Crippen LogP contribution < -0.4 is 5.32 Å². The summed E-state index contributed by atoms with van der Waals surface area (Å²) in [6, 6.07) is 4.41. The van der Waals surface area contributed by atoms with E-state index < -0.39 is 5.82 Å². The zero-order chi connectivity index (χ0) is 14.5.